The van der Waals surface area contributed by atoms with Crippen LogP contribution < -0.4 is 5.73 Å². The van der Waals surface area contributed by atoms with Crippen LogP contribution in [0.15, 0.2) is 24.3 Å². The number of nitrogens with two attached hydrogens (primary N) is 1. The maximum atomic E-state index is 8.74. The van der Waals surface area contributed by atoms with E-state index in [4.69, 9.17) is 22.4 Å². The minimum absolute atomic E-state index is 0.233. The molecule has 1 rings (SSSR count). The average molecular weight is 271 g/mol. The van der Waals surface area contributed by atoms with E-state index in [0.717, 1.165) is 30.8 Å². The Bertz CT molecular complexity index is 329. The number of halogens is 1. The van der Waals surface area contributed by atoms with Crippen LogP contribution in [0.1, 0.15) is 30.9 Å². The fourth-order valence-corrected chi connectivity index (χ4v) is 2.19. The Labute approximate surface area is 115 Å². The minimum atomic E-state index is 0.233. The molecule has 0 fully saturated rings. The van der Waals surface area contributed by atoms with Crippen molar-refractivity contribution < 1.29 is 5.11 Å². The highest BCUT2D eigenvalue weighted by molar-refractivity contribution is 6.30. The van der Waals surface area contributed by atoms with E-state index in [-0.39, 0.29) is 12.6 Å². The SMILES string of the molecule is CN(CCCCCO)C(CN)c1ccc(Cl)cc1. The lowest BCUT2D eigenvalue weighted by Gasteiger charge is -2.27. The standard InChI is InChI=1S/C14H23ClN2O/c1-17(9-3-2-4-10-18)14(11-16)12-5-7-13(15)8-6-12/h5-8,14,18H,2-4,9-11,16H2,1H3. The first-order valence-electron chi connectivity index (χ1n) is 6.45. The van der Waals surface area contributed by atoms with E-state index in [0.29, 0.717) is 6.54 Å². The summed E-state index contributed by atoms with van der Waals surface area (Å²) in [6.07, 6.45) is 3.02. The van der Waals surface area contributed by atoms with Crippen LogP contribution in [-0.2, 0) is 0 Å². The minimum Gasteiger partial charge on any atom is -0.396 e. The van der Waals surface area contributed by atoms with Gasteiger partial charge >= 0.3 is 0 Å². The third-order valence-corrected chi connectivity index (χ3v) is 3.43. The van der Waals surface area contributed by atoms with Crippen molar-refractivity contribution in [1.29, 1.82) is 0 Å². The summed E-state index contributed by atoms with van der Waals surface area (Å²) in [6, 6.07) is 8.10. The molecule has 1 atom stereocenters. The largest absolute Gasteiger partial charge is 0.396 e. The molecule has 3 nitrogen and oxygen atoms in total. The number of aliphatic hydroxyl groups excluding tert-OH is 1. The van der Waals surface area contributed by atoms with Crippen LogP contribution in [0, 0.1) is 0 Å². The normalized spacial score (nSPS) is 12.9. The number of benzene rings is 1. The van der Waals surface area contributed by atoms with Crippen molar-refractivity contribution in [2.75, 3.05) is 26.7 Å². The van der Waals surface area contributed by atoms with Crippen molar-refractivity contribution in [3.05, 3.63) is 34.9 Å². The Morgan fingerprint density at radius 2 is 1.89 bits per heavy atom. The molecule has 3 N–H and O–H groups in total. The molecule has 0 spiro atoms. The summed E-state index contributed by atoms with van der Waals surface area (Å²) in [6.45, 7) is 1.86. The molecule has 0 radical (unpaired) electrons. The van der Waals surface area contributed by atoms with Crippen LogP contribution in [0.4, 0.5) is 0 Å². The molecule has 102 valence electrons. The number of aliphatic hydroxyl groups is 1. The van der Waals surface area contributed by atoms with Crippen molar-refractivity contribution in [2.45, 2.75) is 25.3 Å². The number of unbranched alkanes of at least 4 members (excludes halogenated alkanes) is 2. The zero-order chi connectivity index (χ0) is 13.4. The summed E-state index contributed by atoms with van der Waals surface area (Å²) >= 11 is 5.89. The molecule has 0 aliphatic heterocycles. The molecule has 0 aliphatic rings. The first kappa shape index (κ1) is 15.4. The van der Waals surface area contributed by atoms with Crippen LogP contribution in [-0.4, -0.2) is 36.8 Å². The molecule has 1 aromatic rings. The van der Waals surface area contributed by atoms with Crippen molar-refractivity contribution in [1.82, 2.24) is 4.90 Å². The predicted molar refractivity (Wildman–Crippen MR) is 76.8 cm³/mol. The molecule has 0 aliphatic carbocycles. The molecule has 0 aromatic heterocycles. The molecule has 0 heterocycles. The second-order valence-corrected chi connectivity index (χ2v) is 5.00. The zero-order valence-electron chi connectivity index (χ0n) is 11.0. The van der Waals surface area contributed by atoms with Gasteiger partial charge in [0.25, 0.3) is 0 Å². The summed E-state index contributed by atoms with van der Waals surface area (Å²) in [4.78, 5) is 2.26. The fraction of sp³-hybridized carbons (Fsp3) is 0.571. The number of hydrogen-bond donors (Lipinski definition) is 2. The summed E-state index contributed by atoms with van der Waals surface area (Å²) in [5.74, 6) is 0. The van der Waals surface area contributed by atoms with Gasteiger partial charge in [-0.25, -0.2) is 0 Å². The third-order valence-electron chi connectivity index (χ3n) is 3.18. The van der Waals surface area contributed by atoms with E-state index in [1.165, 1.54) is 5.56 Å². The summed E-state index contributed by atoms with van der Waals surface area (Å²) in [5, 5.41) is 9.49. The highest BCUT2D eigenvalue weighted by atomic mass is 35.5. The summed E-state index contributed by atoms with van der Waals surface area (Å²) in [7, 11) is 2.09. The molecule has 4 heteroatoms. The van der Waals surface area contributed by atoms with Gasteiger partial charge in [-0.05, 0) is 50.6 Å². The van der Waals surface area contributed by atoms with Gasteiger partial charge in [-0.3, -0.25) is 4.90 Å². The average Bonchev–Trinajstić information content (AvgIpc) is 2.38. The molecule has 0 bridgehead atoms. The van der Waals surface area contributed by atoms with Gasteiger partial charge in [-0.15, -0.1) is 0 Å². The van der Waals surface area contributed by atoms with Gasteiger partial charge < -0.3 is 10.8 Å². The molecular formula is C14H23ClN2O. The van der Waals surface area contributed by atoms with Gasteiger partial charge in [0.15, 0.2) is 0 Å². The third kappa shape index (κ3) is 4.94. The first-order chi connectivity index (χ1) is 8.69. The number of hydrogen-bond acceptors (Lipinski definition) is 3. The van der Waals surface area contributed by atoms with E-state index in [9.17, 15) is 0 Å². The highest BCUT2D eigenvalue weighted by Crippen LogP contribution is 2.20. The highest BCUT2D eigenvalue weighted by Gasteiger charge is 2.14. The van der Waals surface area contributed by atoms with Crippen LogP contribution in [0.5, 0.6) is 0 Å². The monoisotopic (exact) mass is 270 g/mol. The Balaban J connectivity index is 2.51. The van der Waals surface area contributed by atoms with Crippen LogP contribution >= 0.6 is 11.6 Å². The Morgan fingerprint density at radius 3 is 2.44 bits per heavy atom. The molecule has 0 saturated heterocycles. The Morgan fingerprint density at radius 1 is 1.22 bits per heavy atom. The van der Waals surface area contributed by atoms with Gasteiger partial charge in [0.2, 0.25) is 0 Å². The molecule has 0 saturated carbocycles. The van der Waals surface area contributed by atoms with Crippen molar-refractivity contribution in [3.63, 3.8) is 0 Å². The van der Waals surface area contributed by atoms with Crippen LogP contribution in [0.25, 0.3) is 0 Å². The maximum Gasteiger partial charge on any atom is 0.0467 e. The second-order valence-electron chi connectivity index (χ2n) is 4.57. The maximum absolute atomic E-state index is 8.74. The fourth-order valence-electron chi connectivity index (χ4n) is 2.06. The molecular weight excluding hydrogens is 248 g/mol. The topological polar surface area (TPSA) is 49.5 Å². The molecule has 1 unspecified atom stereocenters. The summed E-state index contributed by atoms with van der Waals surface area (Å²) < 4.78 is 0. The lowest BCUT2D eigenvalue weighted by Crippen LogP contribution is -2.31. The van der Waals surface area contributed by atoms with Crippen molar-refractivity contribution in [2.24, 2.45) is 5.73 Å². The van der Waals surface area contributed by atoms with E-state index >= 15 is 0 Å². The smallest absolute Gasteiger partial charge is 0.0467 e. The number of rotatable bonds is 8. The van der Waals surface area contributed by atoms with Gasteiger partial charge in [0.05, 0.1) is 0 Å². The van der Waals surface area contributed by atoms with Gasteiger partial charge in [-0.1, -0.05) is 23.7 Å². The van der Waals surface area contributed by atoms with Gasteiger partial charge in [-0.2, -0.15) is 0 Å². The predicted octanol–water partition coefficient (Wildman–Crippen LogP) is 2.43. The Kier molecular flexibility index (Phi) is 7.28. The number of nitrogens with zero attached hydrogens (tertiary/aromatic N) is 1. The van der Waals surface area contributed by atoms with Gasteiger partial charge in [0, 0.05) is 24.2 Å². The van der Waals surface area contributed by atoms with Crippen molar-refractivity contribution >= 4 is 11.6 Å². The van der Waals surface area contributed by atoms with E-state index in [1.54, 1.807) is 0 Å². The first-order valence-corrected chi connectivity index (χ1v) is 6.83. The lowest BCUT2D eigenvalue weighted by molar-refractivity contribution is 0.236. The van der Waals surface area contributed by atoms with Crippen LogP contribution in [0.3, 0.4) is 0 Å². The van der Waals surface area contributed by atoms with Gasteiger partial charge in [0.1, 0.15) is 0 Å². The second kappa shape index (κ2) is 8.48. The zero-order valence-corrected chi connectivity index (χ0v) is 11.7. The quantitative estimate of drug-likeness (QED) is 0.714. The van der Waals surface area contributed by atoms with Crippen molar-refractivity contribution in [3.8, 4) is 0 Å². The Hall–Kier alpha value is -0.610. The molecule has 18 heavy (non-hydrogen) atoms. The summed E-state index contributed by atoms with van der Waals surface area (Å²) in [5.41, 5.74) is 7.06. The van der Waals surface area contributed by atoms with Crippen LogP contribution in [0.2, 0.25) is 5.02 Å². The molecule has 1 aromatic carbocycles. The molecule has 0 amide bonds. The lowest BCUT2D eigenvalue weighted by atomic mass is 10.1. The van der Waals surface area contributed by atoms with E-state index in [1.807, 2.05) is 24.3 Å². The van der Waals surface area contributed by atoms with E-state index in [2.05, 4.69) is 11.9 Å². The van der Waals surface area contributed by atoms with E-state index < -0.39 is 0 Å². The number of likely N-dealkylation sites (N-methyl/N-ethyl adjacent to an activating group) is 1.